The molecule has 0 saturated carbocycles. The molecule has 4 heterocycles. The molecule has 1 spiro atoms. The second kappa shape index (κ2) is 6.72. The van der Waals surface area contributed by atoms with E-state index in [-0.39, 0.29) is 22.9 Å². The van der Waals surface area contributed by atoms with Crippen molar-refractivity contribution in [1.29, 1.82) is 0 Å². The summed E-state index contributed by atoms with van der Waals surface area (Å²) in [5, 5.41) is 7.48. The Morgan fingerprint density at radius 1 is 1.31 bits per heavy atom. The molecule has 29 heavy (non-hydrogen) atoms. The van der Waals surface area contributed by atoms with E-state index in [1.807, 2.05) is 22.6 Å². The number of hydrogen-bond donors (Lipinski definition) is 2. The molecule has 156 valence electrons. The molecule has 7 nitrogen and oxygen atoms in total. The lowest BCUT2D eigenvalue weighted by Crippen LogP contribution is -2.43. The van der Waals surface area contributed by atoms with E-state index in [0.717, 1.165) is 24.6 Å². The zero-order chi connectivity index (χ0) is 21.0. The maximum atomic E-state index is 13.2. The molecule has 2 aliphatic heterocycles. The number of carbonyl (C=O) groups is 1. The average molecular weight is 408 g/mol. The summed E-state index contributed by atoms with van der Waals surface area (Å²) in [6.45, 7) is 3.76. The monoisotopic (exact) mass is 408 g/mol. The van der Waals surface area contributed by atoms with Gasteiger partial charge in [0.25, 0.3) is 0 Å². The summed E-state index contributed by atoms with van der Waals surface area (Å²) in [5.74, 6) is -0.492. The number of nitrogens with zero attached hydrogens (tertiary/aromatic N) is 4. The van der Waals surface area contributed by atoms with E-state index < -0.39 is 17.6 Å². The van der Waals surface area contributed by atoms with Crippen LogP contribution in [0.3, 0.4) is 0 Å². The highest BCUT2D eigenvalue weighted by Crippen LogP contribution is 2.44. The van der Waals surface area contributed by atoms with Crippen LogP contribution in [0.2, 0.25) is 0 Å². The number of carbonyl (C=O) groups excluding carboxylic acids is 1. The van der Waals surface area contributed by atoms with Crippen LogP contribution < -0.4 is 11.1 Å². The molecule has 0 unspecified atom stereocenters. The smallest absolute Gasteiger partial charge is 0.383 e. The largest absolute Gasteiger partial charge is 0.419 e. The van der Waals surface area contributed by atoms with Crippen LogP contribution in [0, 0.1) is 0 Å². The Morgan fingerprint density at radius 3 is 2.72 bits per heavy atom. The van der Waals surface area contributed by atoms with Crippen molar-refractivity contribution in [3.63, 3.8) is 0 Å². The number of fused-ring (bicyclic) bond motifs is 2. The number of alkyl halides is 3. The van der Waals surface area contributed by atoms with Crippen LogP contribution in [0.5, 0.6) is 0 Å². The molecule has 2 aromatic rings. The highest BCUT2D eigenvalue weighted by atomic mass is 19.4. The fraction of sp³-hybridized carbons (Fsp3) is 0.526. The molecule has 3 N–H and O–H groups in total. The van der Waals surface area contributed by atoms with E-state index in [1.165, 1.54) is 6.20 Å². The van der Waals surface area contributed by atoms with Gasteiger partial charge in [-0.2, -0.15) is 18.3 Å². The van der Waals surface area contributed by atoms with E-state index in [2.05, 4.69) is 15.4 Å². The van der Waals surface area contributed by atoms with Gasteiger partial charge in [0.15, 0.2) is 0 Å². The van der Waals surface area contributed by atoms with Crippen LogP contribution in [0.25, 0.3) is 11.3 Å². The summed E-state index contributed by atoms with van der Waals surface area (Å²) >= 11 is 0. The number of likely N-dealkylation sites (N-methyl/N-ethyl adjacent to an activating group) is 1. The van der Waals surface area contributed by atoms with Gasteiger partial charge in [-0.3, -0.25) is 9.48 Å². The van der Waals surface area contributed by atoms with Gasteiger partial charge in [0.05, 0.1) is 17.3 Å². The first kappa shape index (κ1) is 19.7. The maximum Gasteiger partial charge on any atom is 0.419 e. The molecule has 1 fully saturated rings. The number of rotatable bonds is 3. The molecular weight excluding hydrogens is 385 g/mol. The Labute approximate surface area is 166 Å². The minimum absolute atomic E-state index is 0.0557. The number of amides is 1. The minimum Gasteiger partial charge on any atom is -0.383 e. The normalized spacial score (nSPS) is 22.3. The standard InChI is InChI=1S/C19H23F3N6O/c1-11(24-2)17(29)27-5-3-18(10-27)4-6-28-15(18)8-14(26-28)12-7-13(19(20,21)22)16(23)25-9-12/h7-9,11,24H,3-6,10H2,1-2H3,(H2,23,25)/t11-,18-/m1/s1. The Morgan fingerprint density at radius 2 is 2.03 bits per heavy atom. The molecule has 10 heteroatoms. The third kappa shape index (κ3) is 3.25. The molecule has 2 aromatic heterocycles. The molecule has 2 atom stereocenters. The van der Waals surface area contributed by atoms with E-state index >= 15 is 0 Å². The first-order valence-corrected chi connectivity index (χ1v) is 9.52. The number of aromatic nitrogens is 3. The van der Waals surface area contributed by atoms with Gasteiger partial charge in [-0.15, -0.1) is 0 Å². The van der Waals surface area contributed by atoms with Crippen molar-refractivity contribution in [2.24, 2.45) is 0 Å². The van der Waals surface area contributed by atoms with E-state index in [0.29, 0.717) is 25.3 Å². The quantitative estimate of drug-likeness (QED) is 0.811. The number of nitrogen functional groups attached to an aromatic ring is 1. The fourth-order valence-electron chi connectivity index (χ4n) is 4.32. The topological polar surface area (TPSA) is 89.1 Å². The predicted molar refractivity (Wildman–Crippen MR) is 101 cm³/mol. The van der Waals surface area contributed by atoms with Gasteiger partial charge in [-0.25, -0.2) is 4.98 Å². The second-order valence-electron chi connectivity index (χ2n) is 7.84. The lowest BCUT2D eigenvalue weighted by atomic mass is 9.82. The van der Waals surface area contributed by atoms with E-state index in [1.54, 1.807) is 7.05 Å². The van der Waals surface area contributed by atoms with Crippen molar-refractivity contribution in [1.82, 2.24) is 25.0 Å². The number of halogens is 3. The van der Waals surface area contributed by atoms with Crippen LogP contribution >= 0.6 is 0 Å². The van der Waals surface area contributed by atoms with Crippen LogP contribution in [0.15, 0.2) is 18.3 Å². The van der Waals surface area contributed by atoms with Gasteiger partial charge >= 0.3 is 6.18 Å². The number of likely N-dealkylation sites (tertiary alicyclic amines) is 1. The molecule has 0 radical (unpaired) electrons. The Balaban J connectivity index is 1.64. The molecule has 0 aromatic carbocycles. The lowest BCUT2D eigenvalue weighted by molar-refractivity contribution is -0.137. The van der Waals surface area contributed by atoms with E-state index in [9.17, 15) is 18.0 Å². The summed E-state index contributed by atoms with van der Waals surface area (Å²) in [4.78, 5) is 18.1. The van der Waals surface area contributed by atoms with Crippen LogP contribution in [0.1, 0.15) is 31.0 Å². The predicted octanol–water partition coefficient (Wildman–Crippen LogP) is 2.03. The van der Waals surface area contributed by atoms with Crippen LogP contribution in [0.4, 0.5) is 19.0 Å². The third-order valence-electron chi connectivity index (χ3n) is 6.11. The summed E-state index contributed by atoms with van der Waals surface area (Å²) in [6.07, 6.45) is -1.59. The van der Waals surface area contributed by atoms with Crippen molar-refractivity contribution < 1.29 is 18.0 Å². The Kier molecular flexibility index (Phi) is 4.56. The van der Waals surface area contributed by atoms with Gasteiger partial charge in [-0.1, -0.05) is 0 Å². The number of nitrogens with two attached hydrogens (primary N) is 1. The van der Waals surface area contributed by atoms with Crippen molar-refractivity contribution in [2.75, 3.05) is 25.9 Å². The van der Waals surface area contributed by atoms with Gasteiger partial charge in [-0.05, 0) is 38.9 Å². The van der Waals surface area contributed by atoms with Crippen molar-refractivity contribution in [3.05, 3.63) is 29.6 Å². The summed E-state index contributed by atoms with van der Waals surface area (Å²) in [5.41, 5.74) is 5.91. The van der Waals surface area contributed by atoms with Gasteiger partial charge in [0.2, 0.25) is 5.91 Å². The summed E-state index contributed by atoms with van der Waals surface area (Å²) in [6, 6.07) is 2.57. The lowest BCUT2D eigenvalue weighted by Gasteiger charge is -2.25. The van der Waals surface area contributed by atoms with Gasteiger partial charge in [0.1, 0.15) is 5.82 Å². The summed E-state index contributed by atoms with van der Waals surface area (Å²) in [7, 11) is 1.75. The van der Waals surface area contributed by atoms with Crippen LogP contribution in [-0.4, -0.2) is 51.8 Å². The first-order valence-electron chi connectivity index (χ1n) is 9.52. The molecule has 0 aliphatic carbocycles. The number of anilines is 1. The number of aryl methyl sites for hydroxylation is 1. The zero-order valence-corrected chi connectivity index (χ0v) is 16.3. The Hall–Kier alpha value is -2.62. The van der Waals surface area contributed by atoms with Crippen molar-refractivity contribution in [2.45, 2.75) is 43.9 Å². The van der Waals surface area contributed by atoms with Crippen molar-refractivity contribution >= 4 is 11.7 Å². The number of pyridine rings is 1. The highest BCUT2D eigenvalue weighted by molar-refractivity contribution is 5.82. The highest BCUT2D eigenvalue weighted by Gasteiger charge is 2.47. The molecule has 2 aliphatic rings. The summed E-state index contributed by atoms with van der Waals surface area (Å²) < 4.78 is 41.4. The molecule has 1 saturated heterocycles. The molecule has 0 bridgehead atoms. The molecule has 4 rings (SSSR count). The number of hydrogen-bond acceptors (Lipinski definition) is 5. The minimum atomic E-state index is -4.58. The molecule has 1 amide bonds. The maximum absolute atomic E-state index is 13.2. The Bertz CT molecular complexity index is 956. The van der Waals surface area contributed by atoms with Gasteiger partial charge < -0.3 is 16.0 Å². The average Bonchev–Trinajstić information content (AvgIpc) is 3.37. The number of nitrogens with one attached hydrogen (secondary N) is 1. The third-order valence-corrected chi connectivity index (χ3v) is 6.11. The van der Waals surface area contributed by atoms with Crippen molar-refractivity contribution in [3.8, 4) is 11.3 Å². The zero-order valence-electron chi connectivity index (χ0n) is 16.3. The van der Waals surface area contributed by atoms with Gasteiger partial charge in [0, 0.05) is 42.5 Å². The SMILES string of the molecule is CN[C@H](C)C(=O)N1CC[C@@]2(CCn3nc(-c4cnc(N)c(C(F)(F)F)c4)cc32)C1. The van der Waals surface area contributed by atoms with Crippen LogP contribution in [-0.2, 0) is 22.9 Å². The first-order chi connectivity index (χ1) is 13.6. The van der Waals surface area contributed by atoms with E-state index in [4.69, 9.17) is 5.73 Å². The second-order valence-corrected chi connectivity index (χ2v) is 7.84. The fourth-order valence-corrected chi connectivity index (χ4v) is 4.32. The molecular formula is C19H23F3N6O.